The van der Waals surface area contributed by atoms with Gasteiger partial charge in [-0.15, -0.1) is 0 Å². The number of aliphatic hydroxyl groups excluding tert-OH is 1. The molecule has 0 saturated heterocycles. The maximum Gasteiger partial charge on any atom is 0.407 e. The van der Waals surface area contributed by atoms with Gasteiger partial charge in [-0.3, -0.25) is 0 Å². The van der Waals surface area contributed by atoms with E-state index in [1.54, 1.807) is 0 Å². The van der Waals surface area contributed by atoms with Gasteiger partial charge in [-0.05, 0) is 49.3 Å². The first kappa shape index (κ1) is 24.9. The van der Waals surface area contributed by atoms with Crippen molar-refractivity contribution in [3.8, 4) is 0 Å². The number of hydrogen-bond donors (Lipinski definition) is 3. The quantitative estimate of drug-likeness (QED) is 0.578. The van der Waals surface area contributed by atoms with E-state index in [1.807, 2.05) is 51.1 Å². The molecule has 0 radical (unpaired) electrons. The first-order valence-corrected chi connectivity index (χ1v) is 11.0. The summed E-state index contributed by atoms with van der Waals surface area (Å²) < 4.78 is 5.39. The van der Waals surface area contributed by atoms with E-state index in [1.165, 1.54) is 11.1 Å². The van der Waals surface area contributed by atoms with Gasteiger partial charge >= 0.3 is 6.09 Å². The van der Waals surface area contributed by atoms with Crippen molar-refractivity contribution in [3.05, 3.63) is 71.3 Å². The summed E-state index contributed by atoms with van der Waals surface area (Å²) in [6, 6.07) is 17.8. The molecular formula is C26H38N2O3. The van der Waals surface area contributed by atoms with Gasteiger partial charge in [-0.2, -0.15) is 0 Å². The van der Waals surface area contributed by atoms with Crippen molar-refractivity contribution < 1.29 is 14.6 Å². The molecule has 0 spiro atoms. The van der Waals surface area contributed by atoms with Crippen LogP contribution in [0.3, 0.4) is 0 Å². The summed E-state index contributed by atoms with van der Waals surface area (Å²) in [5.74, 6) is 0. The molecule has 0 aromatic heterocycles. The predicted molar refractivity (Wildman–Crippen MR) is 126 cm³/mol. The Labute approximate surface area is 187 Å². The number of alkyl carbamates (subject to hydrolysis) is 1. The highest BCUT2D eigenvalue weighted by atomic mass is 16.6. The third-order valence-electron chi connectivity index (χ3n) is 4.94. The fraction of sp³-hybridized carbons (Fsp3) is 0.500. The number of carbonyl (C=O) groups is 1. The van der Waals surface area contributed by atoms with Crippen molar-refractivity contribution in [2.45, 2.75) is 77.7 Å². The zero-order valence-electron chi connectivity index (χ0n) is 19.7. The van der Waals surface area contributed by atoms with E-state index in [9.17, 15) is 9.90 Å². The van der Waals surface area contributed by atoms with E-state index in [2.05, 4.69) is 55.7 Å². The largest absolute Gasteiger partial charge is 0.444 e. The highest BCUT2D eigenvalue weighted by Gasteiger charge is 2.25. The van der Waals surface area contributed by atoms with Gasteiger partial charge in [0, 0.05) is 13.1 Å². The summed E-state index contributed by atoms with van der Waals surface area (Å²) in [5.41, 5.74) is 2.98. The molecule has 0 heterocycles. The number of ether oxygens (including phenoxy) is 1. The van der Waals surface area contributed by atoms with Gasteiger partial charge in [0.1, 0.15) is 5.60 Å². The Balaban J connectivity index is 1.99. The third kappa shape index (κ3) is 9.11. The SMILES string of the molecule is CC(C)(C)OC(=O)N[C@@H](Cc1ccccc1)[C@H](O)CNCc1cccc(C(C)(C)C)c1. The summed E-state index contributed by atoms with van der Waals surface area (Å²) in [5, 5.41) is 17.0. The molecule has 31 heavy (non-hydrogen) atoms. The van der Waals surface area contributed by atoms with Gasteiger partial charge in [0.25, 0.3) is 0 Å². The topological polar surface area (TPSA) is 70.6 Å². The average molecular weight is 427 g/mol. The molecule has 0 saturated carbocycles. The minimum atomic E-state index is -0.765. The van der Waals surface area contributed by atoms with Gasteiger partial charge in [0.2, 0.25) is 0 Å². The summed E-state index contributed by atoms with van der Waals surface area (Å²) in [6.07, 6.45) is -0.772. The van der Waals surface area contributed by atoms with Crippen LogP contribution in [-0.2, 0) is 23.1 Å². The van der Waals surface area contributed by atoms with Crippen molar-refractivity contribution in [1.29, 1.82) is 0 Å². The smallest absolute Gasteiger partial charge is 0.407 e. The number of amides is 1. The van der Waals surface area contributed by atoms with Gasteiger partial charge in [0.15, 0.2) is 0 Å². The molecule has 0 aliphatic rings. The molecule has 2 aromatic rings. The Morgan fingerprint density at radius 1 is 0.968 bits per heavy atom. The number of carbonyl (C=O) groups excluding carboxylic acids is 1. The van der Waals surface area contributed by atoms with Crippen LogP contribution in [0.25, 0.3) is 0 Å². The van der Waals surface area contributed by atoms with Crippen LogP contribution in [0.2, 0.25) is 0 Å². The minimum Gasteiger partial charge on any atom is -0.444 e. The molecule has 3 N–H and O–H groups in total. The molecule has 0 aliphatic heterocycles. The molecule has 2 aromatic carbocycles. The van der Waals surface area contributed by atoms with Crippen LogP contribution in [0.1, 0.15) is 58.2 Å². The summed E-state index contributed by atoms with van der Waals surface area (Å²) in [6.45, 7) is 13.0. The normalized spacial score (nSPS) is 14.0. The maximum atomic E-state index is 12.3. The van der Waals surface area contributed by atoms with Gasteiger partial charge in [0.05, 0.1) is 12.1 Å². The van der Waals surface area contributed by atoms with E-state index in [4.69, 9.17) is 4.74 Å². The lowest BCUT2D eigenvalue weighted by Crippen LogP contribution is -2.49. The molecule has 5 heteroatoms. The van der Waals surface area contributed by atoms with Gasteiger partial charge < -0.3 is 20.5 Å². The molecule has 0 fully saturated rings. The van der Waals surface area contributed by atoms with Crippen molar-refractivity contribution in [2.24, 2.45) is 0 Å². The number of aliphatic hydroxyl groups is 1. The lowest BCUT2D eigenvalue weighted by Gasteiger charge is -2.27. The molecule has 2 rings (SSSR count). The van der Waals surface area contributed by atoms with E-state index < -0.39 is 23.8 Å². The highest BCUT2D eigenvalue weighted by Crippen LogP contribution is 2.22. The first-order chi connectivity index (χ1) is 14.4. The second-order valence-electron chi connectivity index (χ2n) is 10.1. The second-order valence-corrected chi connectivity index (χ2v) is 10.1. The Hall–Kier alpha value is -2.37. The van der Waals surface area contributed by atoms with Crippen molar-refractivity contribution >= 4 is 6.09 Å². The fourth-order valence-corrected chi connectivity index (χ4v) is 3.26. The van der Waals surface area contributed by atoms with Gasteiger partial charge in [-0.1, -0.05) is 75.4 Å². The molecule has 0 aliphatic carbocycles. The van der Waals surface area contributed by atoms with Crippen LogP contribution in [0.4, 0.5) is 4.79 Å². The van der Waals surface area contributed by atoms with Gasteiger partial charge in [-0.25, -0.2) is 4.79 Å². The summed E-state index contributed by atoms with van der Waals surface area (Å²) in [4.78, 5) is 12.3. The standard InChI is InChI=1S/C26H38N2O3/c1-25(2,3)21-14-10-13-20(15-21)17-27-18-23(29)22(16-19-11-8-7-9-12-19)28-24(30)31-26(4,5)6/h7-15,22-23,27,29H,16-18H2,1-6H3,(H,28,30)/t22-,23+/m0/s1. The predicted octanol–water partition coefficient (Wildman–Crippen LogP) is 4.57. The van der Waals surface area contributed by atoms with Crippen LogP contribution in [0, 0.1) is 0 Å². The lowest BCUT2D eigenvalue weighted by atomic mass is 9.86. The number of rotatable bonds is 8. The van der Waals surface area contributed by atoms with Crippen molar-refractivity contribution in [2.75, 3.05) is 6.54 Å². The van der Waals surface area contributed by atoms with Crippen molar-refractivity contribution in [3.63, 3.8) is 0 Å². The van der Waals surface area contributed by atoms with Crippen LogP contribution < -0.4 is 10.6 Å². The number of nitrogens with one attached hydrogen (secondary N) is 2. The third-order valence-corrected chi connectivity index (χ3v) is 4.94. The molecule has 0 unspecified atom stereocenters. The van der Waals surface area contributed by atoms with Crippen LogP contribution in [0.15, 0.2) is 54.6 Å². The number of hydrogen-bond acceptors (Lipinski definition) is 4. The maximum absolute atomic E-state index is 12.3. The second kappa shape index (κ2) is 10.8. The molecule has 5 nitrogen and oxygen atoms in total. The summed E-state index contributed by atoms with van der Waals surface area (Å²) >= 11 is 0. The Morgan fingerprint density at radius 2 is 1.61 bits per heavy atom. The number of benzene rings is 2. The molecular weight excluding hydrogens is 388 g/mol. The molecule has 0 bridgehead atoms. The van der Waals surface area contributed by atoms with E-state index >= 15 is 0 Å². The van der Waals surface area contributed by atoms with E-state index in [0.717, 1.165) is 5.56 Å². The zero-order valence-corrected chi connectivity index (χ0v) is 19.7. The molecule has 170 valence electrons. The first-order valence-electron chi connectivity index (χ1n) is 11.0. The van der Waals surface area contributed by atoms with Crippen LogP contribution in [-0.4, -0.2) is 35.5 Å². The Kier molecular flexibility index (Phi) is 8.66. The monoisotopic (exact) mass is 426 g/mol. The van der Waals surface area contributed by atoms with Crippen molar-refractivity contribution in [1.82, 2.24) is 10.6 Å². The average Bonchev–Trinajstić information content (AvgIpc) is 2.66. The highest BCUT2D eigenvalue weighted by molar-refractivity contribution is 5.68. The fourth-order valence-electron chi connectivity index (χ4n) is 3.26. The van der Waals surface area contributed by atoms with Crippen LogP contribution in [0.5, 0.6) is 0 Å². The van der Waals surface area contributed by atoms with E-state index in [-0.39, 0.29) is 5.41 Å². The lowest BCUT2D eigenvalue weighted by molar-refractivity contribution is 0.0422. The molecule has 2 atom stereocenters. The Morgan fingerprint density at radius 3 is 2.23 bits per heavy atom. The minimum absolute atomic E-state index is 0.0909. The Bertz CT molecular complexity index is 823. The molecule has 1 amide bonds. The van der Waals surface area contributed by atoms with Crippen LogP contribution >= 0.6 is 0 Å². The zero-order chi connectivity index (χ0) is 23.1. The summed E-state index contributed by atoms with van der Waals surface area (Å²) in [7, 11) is 0. The van der Waals surface area contributed by atoms with E-state index in [0.29, 0.717) is 19.5 Å².